The number of hydrogen-bond donors (Lipinski definition) is 1. The summed E-state index contributed by atoms with van der Waals surface area (Å²) in [5, 5.41) is 9.54. The van der Waals surface area contributed by atoms with Gasteiger partial charge in [-0.05, 0) is 50.6 Å². The number of nitrogens with one attached hydrogen (secondary N) is 1. The topological polar surface area (TPSA) is 29.9 Å². The van der Waals surface area contributed by atoms with E-state index < -0.39 is 0 Å². The maximum absolute atomic E-state index is 6.46. The number of rotatable bonds is 1. The molecule has 0 spiro atoms. The summed E-state index contributed by atoms with van der Waals surface area (Å²) >= 11 is 12.9. The highest BCUT2D eigenvalue weighted by Gasteiger charge is 2.30. The number of aromatic nitrogens is 2. The number of halogens is 2. The second kappa shape index (κ2) is 5.54. The number of hydrogen-bond acceptors (Lipinski definition) is 2. The molecule has 0 bridgehead atoms. The molecule has 1 atom stereocenters. The molecule has 24 heavy (non-hydrogen) atoms. The van der Waals surface area contributed by atoms with E-state index in [4.69, 9.17) is 23.2 Å². The Morgan fingerprint density at radius 2 is 1.75 bits per heavy atom. The van der Waals surface area contributed by atoms with Gasteiger partial charge in [0.25, 0.3) is 0 Å². The molecule has 0 amide bonds. The van der Waals surface area contributed by atoms with Crippen LogP contribution in [0.5, 0.6) is 0 Å². The van der Waals surface area contributed by atoms with E-state index >= 15 is 0 Å². The Labute approximate surface area is 151 Å². The zero-order valence-electron chi connectivity index (χ0n) is 13.7. The summed E-state index contributed by atoms with van der Waals surface area (Å²) in [4.78, 5) is 0. The van der Waals surface area contributed by atoms with Gasteiger partial charge in [-0.2, -0.15) is 5.10 Å². The molecule has 1 N–H and O–H groups in total. The van der Waals surface area contributed by atoms with Gasteiger partial charge < -0.3 is 5.32 Å². The fourth-order valence-electron chi connectivity index (χ4n) is 3.44. The highest BCUT2D eigenvalue weighted by Crippen LogP contribution is 2.43. The van der Waals surface area contributed by atoms with Gasteiger partial charge in [-0.15, -0.1) is 0 Å². The Bertz CT molecular complexity index is 939. The first-order chi connectivity index (χ1) is 11.5. The van der Waals surface area contributed by atoms with Crippen molar-refractivity contribution in [2.24, 2.45) is 0 Å². The van der Waals surface area contributed by atoms with Crippen LogP contribution in [0.1, 0.15) is 28.6 Å². The van der Waals surface area contributed by atoms with Gasteiger partial charge in [-0.25, -0.2) is 4.68 Å². The van der Waals surface area contributed by atoms with Crippen molar-refractivity contribution in [1.29, 1.82) is 0 Å². The second-order valence-electron chi connectivity index (χ2n) is 6.30. The molecule has 0 fully saturated rings. The van der Waals surface area contributed by atoms with E-state index in [1.165, 1.54) is 11.1 Å². The molecule has 4 rings (SSSR count). The normalized spacial score (nSPS) is 15.6. The van der Waals surface area contributed by atoms with E-state index in [1.54, 1.807) is 0 Å². The van der Waals surface area contributed by atoms with Gasteiger partial charge >= 0.3 is 0 Å². The molecule has 1 aromatic heterocycles. The number of fused-ring (bicyclic) bond motifs is 3. The minimum absolute atomic E-state index is 0.233. The van der Waals surface area contributed by atoms with Crippen LogP contribution in [0.4, 0.5) is 5.69 Å². The Morgan fingerprint density at radius 3 is 2.46 bits per heavy atom. The number of anilines is 1. The van der Waals surface area contributed by atoms with E-state index in [1.807, 2.05) is 29.8 Å². The van der Waals surface area contributed by atoms with Gasteiger partial charge in [0, 0.05) is 26.9 Å². The summed E-state index contributed by atoms with van der Waals surface area (Å²) in [6.07, 6.45) is -0.233. The van der Waals surface area contributed by atoms with E-state index in [-0.39, 0.29) is 6.17 Å². The van der Waals surface area contributed by atoms with Crippen LogP contribution >= 0.6 is 23.2 Å². The van der Waals surface area contributed by atoms with Crippen LogP contribution in [0.2, 0.25) is 10.0 Å². The van der Waals surface area contributed by atoms with Crippen LogP contribution in [-0.2, 0) is 0 Å². The summed E-state index contributed by atoms with van der Waals surface area (Å²) in [6.45, 7) is 6.22. The zero-order valence-corrected chi connectivity index (χ0v) is 15.2. The summed E-state index contributed by atoms with van der Waals surface area (Å²) in [6, 6.07) is 12.0. The highest BCUT2D eigenvalue weighted by molar-refractivity contribution is 6.36. The van der Waals surface area contributed by atoms with Crippen LogP contribution in [0.15, 0.2) is 36.4 Å². The fraction of sp³-hybridized carbons (Fsp3) is 0.211. The van der Waals surface area contributed by atoms with Crippen molar-refractivity contribution in [3.63, 3.8) is 0 Å². The van der Waals surface area contributed by atoms with Crippen molar-refractivity contribution in [2.75, 3.05) is 5.32 Å². The van der Waals surface area contributed by atoms with Crippen molar-refractivity contribution in [3.8, 4) is 11.3 Å². The maximum atomic E-state index is 6.46. The van der Waals surface area contributed by atoms with Crippen LogP contribution < -0.4 is 5.32 Å². The maximum Gasteiger partial charge on any atom is 0.150 e. The SMILES string of the molecule is Cc1cc(C)c2c(c1)-c1cc(C)nn1C(c1c(Cl)cccc1Cl)N2. The highest BCUT2D eigenvalue weighted by atomic mass is 35.5. The molecule has 0 aliphatic carbocycles. The van der Waals surface area contributed by atoms with Gasteiger partial charge in [0.05, 0.1) is 11.4 Å². The first-order valence-electron chi connectivity index (χ1n) is 7.84. The van der Waals surface area contributed by atoms with Crippen molar-refractivity contribution in [3.05, 3.63) is 68.8 Å². The number of benzene rings is 2. The Hall–Kier alpha value is -1.97. The predicted molar refractivity (Wildman–Crippen MR) is 100 cm³/mol. The van der Waals surface area contributed by atoms with E-state index in [0.717, 1.165) is 28.2 Å². The lowest BCUT2D eigenvalue weighted by Gasteiger charge is -2.31. The zero-order chi connectivity index (χ0) is 17.0. The lowest BCUT2D eigenvalue weighted by Crippen LogP contribution is -2.27. The van der Waals surface area contributed by atoms with Gasteiger partial charge in [-0.1, -0.05) is 40.9 Å². The summed E-state index contributed by atoms with van der Waals surface area (Å²) in [7, 11) is 0. The molecular weight excluding hydrogens is 341 g/mol. The van der Waals surface area contributed by atoms with E-state index in [2.05, 4.69) is 42.5 Å². The Balaban J connectivity index is 2.00. The smallest absolute Gasteiger partial charge is 0.150 e. The monoisotopic (exact) mass is 357 g/mol. The number of aryl methyl sites for hydroxylation is 3. The van der Waals surface area contributed by atoms with Crippen molar-refractivity contribution in [2.45, 2.75) is 26.9 Å². The minimum atomic E-state index is -0.233. The van der Waals surface area contributed by atoms with Crippen molar-refractivity contribution < 1.29 is 0 Å². The molecule has 1 aliphatic heterocycles. The fourth-order valence-corrected chi connectivity index (χ4v) is 4.04. The third kappa shape index (κ3) is 2.31. The summed E-state index contributed by atoms with van der Waals surface area (Å²) in [5.41, 5.74) is 7.58. The average molecular weight is 358 g/mol. The molecule has 1 unspecified atom stereocenters. The van der Waals surface area contributed by atoms with Gasteiger partial charge in [-0.3, -0.25) is 0 Å². The molecule has 5 heteroatoms. The first-order valence-corrected chi connectivity index (χ1v) is 8.59. The Kier molecular flexibility index (Phi) is 3.59. The quantitative estimate of drug-likeness (QED) is 0.600. The summed E-state index contributed by atoms with van der Waals surface area (Å²) < 4.78 is 1.98. The van der Waals surface area contributed by atoms with Crippen molar-refractivity contribution in [1.82, 2.24) is 9.78 Å². The average Bonchev–Trinajstić information content (AvgIpc) is 2.89. The van der Waals surface area contributed by atoms with Gasteiger partial charge in [0.1, 0.15) is 6.17 Å². The largest absolute Gasteiger partial charge is 0.359 e. The minimum Gasteiger partial charge on any atom is -0.359 e. The molecule has 0 radical (unpaired) electrons. The van der Waals surface area contributed by atoms with Crippen molar-refractivity contribution >= 4 is 28.9 Å². The van der Waals surface area contributed by atoms with Crippen LogP contribution in [-0.4, -0.2) is 9.78 Å². The van der Waals surface area contributed by atoms with Crippen LogP contribution in [0.3, 0.4) is 0 Å². The third-order valence-corrected chi connectivity index (χ3v) is 5.07. The molecule has 0 saturated heterocycles. The third-order valence-electron chi connectivity index (χ3n) is 4.41. The lowest BCUT2D eigenvalue weighted by molar-refractivity contribution is 0.571. The molecule has 3 nitrogen and oxygen atoms in total. The Morgan fingerprint density at radius 1 is 1.04 bits per heavy atom. The number of nitrogens with zero attached hydrogens (tertiary/aromatic N) is 2. The lowest BCUT2D eigenvalue weighted by atomic mass is 9.98. The molecule has 1 aliphatic rings. The molecular formula is C19H17Cl2N3. The van der Waals surface area contributed by atoms with Gasteiger partial charge in [0.2, 0.25) is 0 Å². The van der Waals surface area contributed by atoms with Crippen LogP contribution in [0, 0.1) is 20.8 Å². The molecule has 3 aromatic rings. The van der Waals surface area contributed by atoms with E-state index in [0.29, 0.717) is 10.0 Å². The predicted octanol–water partition coefficient (Wildman–Crippen LogP) is 5.75. The summed E-state index contributed by atoms with van der Waals surface area (Å²) in [5.74, 6) is 0. The standard InChI is InChI=1S/C19H17Cl2N3/c1-10-7-11(2)18-13(8-10)16-9-12(3)23-24(16)19(22-18)17-14(20)5-4-6-15(17)21/h4-9,19,22H,1-3H3. The van der Waals surface area contributed by atoms with Gasteiger partial charge in [0.15, 0.2) is 0 Å². The molecule has 122 valence electrons. The molecule has 2 heterocycles. The van der Waals surface area contributed by atoms with E-state index in [9.17, 15) is 0 Å². The second-order valence-corrected chi connectivity index (χ2v) is 7.12. The first kappa shape index (κ1) is 15.6. The molecule has 2 aromatic carbocycles. The molecule has 0 saturated carbocycles. The van der Waals surface area contributed by atoms with Crippen LogP contribution in [0.25, 0.3) is 11.3 Å².